The lowest BCUT2D eigenvalue weighted by atomic mass is 9.57. The number of benzene rings is 2. The van der Waals surface area contributed by atoms with Crippen molar-refractivity contribution in [1.82, 2.24) is 25.3 Å². The number of likely N-dealkylation sites (tertiary alicyclic amines) is 2. The van der Waals surface area contributed by atoms with Gasteiger partial charge < -0.3 is 29.5 Å². The van der Waals surface area contributed by atoms with Crippen LogP contribution in [0.15, 0.2) is 54.9 Å². The number of aromatic amines is 1. The van der Waals surface area contributed by atoms with Crippen LogP contribution in [0.2, 0.25) is 0 Å². The fourth-order valence-corrected chi connectivity index (χ4v) is 9.07. The number of alkyl carbamates (subject to hydrolysis) is 1. The first kappa shape index (κ1) is 33.4. The molecule has 4 heterocycles. The van der Waals surface area contributed by atoms with Crippen molar-refractivity contribution in [3.63, 3.8) is 0 Å². The quantitative estimate of drug-likeness (QED) is 0.267. The molecule has 3 aromatic rings. The number of hydrogen-bond donors (Lipinski definition) is 2. The fraction of sp³-hybridized carbons (Fsp3) is 0.553. The Morgan fingerprint density at radius 2 is 1.92 bits per heavy atom. The van der Waals surface area contributed by atoms with Crippen molar-refractivity contribution in [3.05, 3.63) is 77.4 Å². The Balaban J connectivity index is 1.02. The first-order valence-corrected chi connectivity index (χ1v) is 17.9. The van der Waals surface area contributed by atoms with E-state index in [9.17, 15) is 14.4 Å². The Hall–Kier alpha value is -4.14. The number of piperidine rings is 1. The minimum absolute atomic E-state index is 0.00905. The lowest BCUT2D eigenvalue weighted by Crippen LogP contribution is -2.60. The Morgan fingerprint density at radius 1 is 1.08 bits per heavy atom. The van der Waals surface area contributed by atoms with Gasteiger partial charge in [-0.25, -0.2) is 9.18 Å². The SMILES string of the molecule is COC(=O)N[C@H]1CCC[C@@H]1C(CN1CCC1)(c1cccc(F)c1)C1CCN(CC2CN(c3ccc(C#N)c(OCc4cn[nH]c4)c3)C2)CC1. The number of ether oxygens (including phenoxy) is 2. The number of H-pyrrole nitrogens is 1. The molecule has 1 aliphatic carbocycles. The van der Waals surface area contributed by atoms with Gasteiger partial charge in [-0.1, -0.05) is 18.6 Å². The zero-order valence-electron chi connectivity index (χ0n) is 28.5. The summed E-state index contributed by atoms with van der Waals surface area (Å²) in [6.45, 7) is 8.44. The lowest BCUT2D eigenvalue weighted by molar-refractivity contribution is 0.0223. The van der Waals surface area contributed by atoms with Crippen LogP contribution in [0.1, 0.15) is 55.2 Å². The number of rotatable bonds is 12. The predicted octanol–water partition coefficient (Wildman–Crippen LogP) is 5.32. The average Bonchev–Trinajstić information content (AvgIpc) is 3.78. The second-order valence-corrected chi connectivity index (χ2v) is 14.5. The lowest BCUT2D eigenvalue weighted by Gasteiger charge is -2.54. The molecule has 2 aromatic carbocycles. The van der Waals surface area contributed by atoms with Gasteiger partial charge in [0.1, 0.15) is 24.2 Å². The van der Waals surface area contributed by atoms with E-state index < -0.39 is 0 Å². The molecule has 4 aliphatic rings. The molecule has 1 unspecified atom stereocenters. The summed E-state index contributed by atoms with van der Waals surface area (Å²) in [5.74, 6) is 1.57. The molecule has 0 bridgehead atoms. The van der Waals surface area contributed by atoms with Crippen LogP contribution < -0.4 is 15.0 Å². The number of carbonyl (C=O) groups is 1. The second-order valence-electron chi connectivity index (χ2n) is 14.5. The van der Waals surface area contributed by atoms with E-state index in [1.54, 1.807) is 24.5 Å². The van der Waals surface area contributed by atoms with Crippen molar-refractivity contribution in [3.8, 4) is 11.8 Å². The van der Waals surface area contributed by atoms with Gasteiger partial charge in [-0.05, 0) is 99.9 Å². The van der Waals surface area contributed by atoms with E-state index in [1.807, 2.05) is 24.3 Å². The minimum atomic E-state index is -0.377. The van der Waals surface area contributed by atoms with E-state index in [0.29, 0.717) is 29.8 Å². The summed E-state index contributed by atoms with van der Waals surface area (Å²) in [7, 11) is 1.43. The maximum Gasteiger partial charge on any atom is 0.407 e. The molecule has 3 saturated heterocycles. The van der Waals surface area contributed by atoms with Gasteiger partial charge in [0.15, 0.2) is 0 Å². The number of nitrogens with one attached hydrogen (secondary N) is 2. The summed E-state index contributed by atoms with van der Waals surface area (Å²) in [6.07, 6.45) is 9.42. The third-order valence-corrected chi connectivity index (χ3v) is 11.7. The van der Waals surface area contributed by atoms with E-state index in [2.05, 4.69) is 42.3 Å². The smallest absolute Gasteiger partial charge is 0.407 e. The Bertz CT molecular complexity index is 1610. The number of methoxy groups -OCH3 is 1. The Morgan fingerprint density at radius 3 is 2.61 bits per heavy atom. The van der Waals surface area contributed by atoms with Crippen molar-refractivity contribution in [1.29, 1.82) is 5.26 Å². The van der Waals surface area contributed by atoms with Crippen LogP contribution in [0.25, 0.3) is 0 Å². The van der Waals surface area contributed by atoms with Gasteiger partial charge in [0.05, 0.1) is 18.9 Å². The molecular weight excluding hydrogens is 621 g/mol. The van der Waals surface area contributed by atoms with Crippen molar-refractivity contribution in [2.45, 2.75) is 56.6 Å². The van der Waals surface area contributed by atoms with Gasteiger partial charge in [-0.15, -0.1) is 0 Å². The van der Waals surface area contributed by atoms with Crippen LogP contribution in [-0.4, -0.2) is 91.6 Å². The summed E-state index contributed by atoms with van der Waals surface area (Å²) in [5, 5.41) is 19.6. The zero-order chi connectivity index (χ0) is 33.8. The number of anilines is 1. The largest absolute Gasteiger partial charge is 0.487 e. The molecule has 1 amide bonds. The maximum absolute atomic E-state index is 15.0. The van der Waals surface area contributed by atoms with Crippen LogP contribution in [0.5, 0.6) is 5.75 Å². The number of nitrogens with zero attached hydrogens (tertiary/aromatic N) is 5. The molecule has 1 saturated carbocycles. The summed E-state index contributed by atoms with van der Waals surface area (Å²) in [4.78, 5) is 20.0. The Labute approximate surface area is 288 Å². The van der Waals surface area contributed by atoms with E-state index >= 15 is 0 Å². The highest BCUT2D eigenvalue weighted by molar-refractivity contribution is 5.67. The van der Waals surface area contributed by atoms with E-state index in [4.69, 9.17) is 9.47 Å². The van der Waals surface area contributed by atoms with Crippen molar-refractivity contribution >= 4 is 11.8 Å². The summed E-state index contributed by atoms with van der Waals surface area (Å²) in [6, 6.07) is 15.4. The summed E-state index contributed by atoms with van der Waals surface area (Å²) < 4.78 is 26.0. The maximum atomic E-state index is 15.0. The van der Waals surface area contributed by atoms with E-state index in [0.717, 1.165) is 101 Å². The summed E-state index contributed by atoms with van der Waals surface area (Å²) in [5.41, 5.74) is 3.37. The highest BCUT2D eigenvalue weighted by atomic mass is 19.1. The average molecular weight is 670 g/mol. The highest BCUT2D eigenvalue weighted by Gasteiger charge is 2.53. The highest BCUT2D eigenvalue weighted by Crippen LogP contribution is 2.51. The van der Waals surface area contributed by atoms with E-state index in [1.165, 1.54) is 13.5 Å². The molecular formula is C38H48FN7O3. The third-order valence-electron chi connectivity index (χ3n) is 11.7. The van der Waals surface area contributed by atoms with Crippen LogP contribution in [0, 0.1) is 34.9 Å². The predicted molar refractivity (Wildman–Crippen MR) is 185 cm³/mol. The van der Waals surface area contributed by atoms with Gasteiger partial charge in [0.2, 0.25) is 0 Å². The van der Waals surface area contributed by atoms with Crippen molar-refractivity contribution < 1.29 is 18.7 Å². The molecule has 0 radical (unpaired) electrons. The van der Waals surface area contributed by atoms with Gasteiger partial charge in [0.25, 0.3) is 0 Å². The van der Waals surface area contributed by atoms with Gasteiger partial charge in [-0.3, -0.25) is 5.10 Å². The summed E-state index contributed by atoms with van der Waals surface area (Å²) >= 11 is 0. The first-order valence-electron chi connectivity index (χ1n) is 17.9. The first-order chi connectivity index (χ1) is 23.9. The number of hydrogen-bond acceptors (Lipinski definition) is 8. The van der Waals surface area contributed by atoms with Crippen LogP contribution in [-0.2, 0) is 16.8 Å². The zero-order valence-corrected chi connectivity index (χ0v) is 28.5. The molecule has 11 heteroatoms. The Kier molecular flexibility index (Phi) is 10.1. The fourth-order valence-electron chi connectivity index (χ4n) is 9.07. The van der Waals surface area contributed by atoms with Crippen molar-refractivity contribution in [2.75, 3.05) is 64.4 Å². The topological polar surface area (TPSA) is 110 Å². The van der Waals surface area contributed by atoms with Gasteiger partial charge >= 0.3 is 6.09 Å². The molecule has 3 aliphatic heterocycles. The second kappa shape index (κ2) is 14.8. The van der Waals surface area contributed by atoms with Crippen LogP contribution >= 0.6 is 0 Å². The van der Waals surface area contributed by atoms with Crippen molar-refractivity contribution in [2.24, 2.45) is 17.8 Å². The molecule has 1 aromatic heterocycles. The van der Waals surface area contributed by atoms with Crippen LogP contribution in [0.3, 0.4) is 0 Å². The molecule has 7 rings (SSSR count). The standard InChI is InChI=1S/C38H48FN7O3/c1-48-37(47)43-35-8-3-7-34(35)38(26-45-13-4-14-45,31-5-2-6-32(39)17-31)30-11-15-44(16-12-30)22-28-23-46(24-28)33-10-9-29(19-40)36(18-33)49-25-27-20-41-42-21-27/h2,5-6,9-10,17-18,20-21,28,30,34-35H,3-4,7-8,11-16,22-26H2,1H3,(H,41,42)(H,43,47)/t34-,35-,38?/m0/s1. The third kappa shape index (κ3) is 7.12. The number of amides is 1. The molecule has 49 heavy (non-hydrogen) atoms. The molecule has 3 atom stereocenters. The number of halogens is 1. The number of nitriles is 1. The number of carbonyl (C=O) groups excluding carboxylic acids is 1. The van der Waals surface area contributed by atoms with Gasteiger partial charge in [-0.2, -0.15) is 10.4 Å². The monoisotopic (exact) mass is 669 g/mol. The number of aromatic nitrogens is 2. The van der Waals surface area contributed by atoms with Crippen LogP contribution in [0.4, 0.5) is 14.9 Å². The normalized spacial score (nSPS) is 23.2. The minimum Gasteiger partial charge on any atom is -0.487 e. The van der Waals surface area contributed by atoms with E-state index in [-0.39, 0.29) is 29.3 Å². The molecule has 4 fully saturated rings. The molecule has 10 nitrogen and oxygen atoms in total. The molecule has 0 spiro atoms. The molecule has 260 valence electrons. The van der Waals surface area contributed by atoms with Gasteiger partial charge in [0, 0.05) is 67.1 Å². The molecule has 2 N–H and O–H groups in total.